The molecule has 0 bridgehead atoms. The summed E-state index contributed by atoms with van der Waals surface area (Å²) in [5, 5.41) is 12.9. The number of rotatable bonds is 5. The van der Waals surface area contributed by atoms with Gasteiger partial charge in [0, 0.05) is 31.4 Å². The molecule has 36 heavy (non-hydrogen) atoms. The third-order valence-corrected chi connectivity index (χ3v) is 8.44. The maximum absolute atomic E-state index is 13.9. The summed E-state index contributed by atoms with van der Waals surface area (Å²) in [4.78, 5) is 20.3. The normalized spacial score (nSPS) is 25.2. The fourth-order valence-corrected chi connectivity index (χ4v) is 6.68. The maximum Gasteiger partial charge on any atom is 0.250 e. The van der Waals surface area contributed by atoms with E-state index in [-0.39, 0.29) is 24.8 Å². The van der Waals surface area contributed by atoms with E-state index in [0.29, 0.717) is 19.1 Å². The predicted molar refractivity (Wildman–Crippen MR) is 139 cm³/mol. The highest BCUT2D eigenvalue weighted by Gasteiger charge is 2.53. The zero-order valence-corrected chi connectivity index (χ0v) is 20.4. The molecule has 1 spiro atoms. The number of hydrogen-bond acceptors (Lipinski definition) is 5. The second-order valence-corrected chi connectivity index (χ2v) is 10.5. The molecule has 188 valence electrons. The molecule has 6 rings (SSSR count). The van der Waals surface area contributed by atoms with Gasteiger partial charge in [-0.2, -0.15) is 0 Å². The summed E-state index contributed by atoms with van der Waals surface area (Å²) in [6.45, 7) is 2.40. The minimum Gasteiger partial charge on any atom is -0.390 e. The molecule has 0 aromatic heterocycles. The first-order chi connectivity index (χ1) is 17.5. The van der Waals surface area contributed by atoms with Gasteiger partial charge in [-0.25, -0.2) is 4.39 Å². The van der Waals surface area contributed by atoms with Crippen LogP contribution < -0.4 is 10.6 Å². The number of nitrogens with two attached hydrogens (primary N) is 1. The van der Waals surface area contributed by atoms with E-state index in [2.05, 4.69) is 46.2 Å². The number of hydrogen-bond donors (Lipinski definition) is 2. The maximum atomic E-state index is 13.9. The molecule has 2 saturated heterocycles. The minimum atomic E-state index is -0.765. The third kappa shape index (κ3) is 3.77. The Morgan fingerprint density at radius 1 is 1.06 bits per heavy atom. The molecule has 3 aromatic carbocycles. The Balaban J connectivity index is 1.30. The number of nitrogens with zero attached hydrogens (tertiary/aromatic N) is 3. The molecule has 3 aromatic rings. The second kappa shape index (κ2) is 9.14. The Labute approximate surface area is 211 Å². The molecule has 1 amide bonds. The summed E-state index contributed by atoms with van der Waals surface area (Å²) >= 11 is 0. The van der Waals surface area contributed by atoms with Gasteiger partial charge in [0.25, 0.3) is 0 Å². The number of aliphatic hydroxyl groups is 1. The molecular formula is C29H33FN4O2. The number of likely N-dealkylation sites (tertiary alicyclic amines) is 1. The van der Waals surface area contributed by atoms with E-state index in [1.54, 1.807) is 17.0 Å². The van der Waals surface area contributed by atoms with Crippen LogP contribution in [0.5, 0.6) is 0 Å². The Morgan fingerprint density at radius 3 is 2.61 bits per heavy atom. The summed E-state index contributed by atoms with van der Waals surface area (Å²) in [5.41, 5.74) is 8.57. The number of benzene rings is 3. The van der Waals surface area contributed by atoms with Crippen LogP contribution in [-0.2, 0) is 11.2 Å². The molecule has 2 heterocycles. The number of anilines is 1. The van der Waals surface area contributed by atoms with Crippen molar-refractivity contribution in [2.24, 2.45) is 5.73 Å². The molecule has 2 fully saturated rings. The lowest BCUT2D eigenvalue weighted by Gasteiger charge is -2.36. The number of halogens is 1. The van der Waals surface area contributed by atoms with Crippen LogP contribution in [0.3, 0.4) is 0 Å². The van der Waals surface area contributed by atoms with Crippen LogP contribution in [-0.4, -0.2) is 65.3 Å². The quantitative estimate of drug-likeness (QED) is 0.576. The van der Waals surface area contributed by atoms with E-state index < -0.39 is 11.6 Å². The lowest BCUT2D eigenvalue weighted by Crippen LogP contribution is -2.50. The van der Waals surface area contributed by atoms with Gasteiger partial charge in [-0.1, -0.05) is 36.4 Å². The third-order valence-electron chi connectivity index (χ3n) is 8.44. The summed E-state index contributed by atoms with van der Waals surface area (Å²) in [7, 11) is 0. The van der Waals surface area contributed by atoms with E-state index in [0.717, 1.165) is 38.0 Å². The van der Waals surface area contributed by atoms with Crippen LogP contribution in [0.15, 0.2) is 60.7 Å². The average Bonchev–Trinajstić information content (AvgIpc) is 3.28. The summed E-state index contributed by atoms with van der Waals surface area (Å²) < 4.78 is 13.7. The van der Waals surface area contributed by atoms with Crippen LogP contribution in [0, 0.1) is 5.82 Å². The van der Waals surface area contributed by atoms with E-state index in [9.17, 15) is 14.3 Å². The predicted octanol–water partition coefficient (Wildman–Crippen LogP) is 3.43. The van der Waals surface area contributed by atoms with E-state index in [1.165, 1.54) is 34.0 Å². The van der Waals surface area contributed by atoms with Gasteiger partial charge in [0.05, 0.1) is 12.8 Å². The van der Waals surface area contributed by atoms with Gasteiger partial charge in [0.1, 0.15) is 11.4 Å². The Hall–Kier alpha value is -3.00. The monoisotopic (exact) mass is 488 g/mol. The van der Waals surface area contributed by atoms with Crippen LogP contribution in [0.4, 0.5) is 10.1 Å². The van der Waals surface area contributed by atoms with Crippen molar-refractivity contribution < 1.29 is 14.3 Å². The van der Waals surface area contributed by atoms with Crippen molar-refractivity contribution in [2.45, 2.75) is 43.4 Å². The SMILES string of the molecule is NCC(O)CN1CN(c2ccc(F)cc2)C2(CCCN(C3Cc4cccc5cccc3c45)CC2)C1=O. The van der Waals surface area contributed by atoms with Crippen LogP contribution >= 0.6 is 0 Å². The topological polar surface area (TPSA) is 73.0 Å². The molecule has 1 aliphatic carbocycles. The van der Waals surface area contributed by atoms with Crippen LogP contribution in [0.25, 0.3) is 10.8 Å². The molecular weight excluding hydrogens is 455 g/mol. The summed E-state index contributed by atoms with van der Waals surface area (Å²) in [5.74, 6) is -0.256. The van der Waals surface area contributed by atoms with Crippen molar-refractivity contribution in [1.82, 2.24) is 9.80 Å². The fourth-order valence-electron chi connectivity index (χ4n) is 6.68. The first kappa shape index (κ1) is 23.4. The van der Waals surface area contributed by atoms with E-state index >= 15 is 0 Å². The zero-order valence-electron chi connectivity index (χ0n) is 20.4. The first-order valence-corrected chi connectivity index (χ1v) is 13.0. The highest BCUT2D eigenvalue weighted by Crippen LogP contribution is 2.44. The number of amides is 1. The van der Waals surface area contributed by atoms with Crippen molar-refractivity contribution >= 4 is 22.4 Å². The van der Waals surface area contributed by atoms with E-state index in [4.69, 9.17) is 5.73 Å². The molecule has 0 radical (unpaired) electrons. The number of β-amino-alcohol motifs (C(OH)–C–C–N with tert-alkyl or cyclic N) is 1. The average molecular weight is 489 g/mol. The molecule has 2 aliphatic heterocycles. The largest absolute Gasteiger partial charge is 0.390 e. The van der Waals surface area contributed by atoms with Gasteiger partial charge >= 0.3 is 0 Å². The lowest BCUT2D eigenvalue weighted by molar-refractivity contribution is -0.133. The highest BCUT2D eigenvalue weighted by atomic mass is 19.1. The highest BCUT2D eigenvalue weighted by molar-refractivity contribution is 5.94. The van der Waals surface area contributed by atoms with Crippen LogP contribution in [0.1, 0.15) is 36.4 Å². The standard InChI is InChI=1S/C29H33FN4O2/c30-22-8-10-23(11-9-22)34-19-33(18-24(35)17-31)28(36)29(34)12-3-14-32(15-13-29)26-16-21-6-1-4-20-5-2-7-25(26)27(20)21/h1-2,4-11,24,26,35H,3,12-19,31H2. The van der Waals surface area contributed by atoms with Gasteiger partial charge in [-0.3, -0.25) is 9.69 Å². The number of carbonyl (C=O) groups is 1. The summed E-state index contributed by atoms with van der Waals surface area (Å²) in [6.07, 6.45) is 2.52. The molecule has 3 N–H and O–H groups in total. The van der Waals surface area contributed by atoms with Crippen molar-refractivity contribution in [2.75, 3.05) is 37.7 Å². The van der Waals surface area contributed by atoms with Gasteiger partial charge in [0.15, 0.2) is 0 Å². The van der Waals surface area contributed by atoms with Gasteiger partial charge in [-0.15, -0.1) is 0 Å². The van der Waals surface area contributed by atoms with Crippen molar-refractivity contribution in [3.8, 4) is 0 Å². The van der Waals surface area contributed by atoms with Gasteiger partial charge in [-0.05, 0) is 78.4 Å². The van der Waals surface area contributed by atoms with Crippen molar-refractivity contribution in [3.05, 3.63) is 77.6 Å². The van der Waals surface area contributed by atoms with Gasteiger partial charge < -0.3 is 20.6 Å². The molecule has 6 nitrogen and oxygen atoms in total. The Kier molecular flexibility index (Phi) is 5.94. The van der Waals surface area contributed by atoms with E-state index in [1.807, 2.05) is 0 Å². The zero-order chi connectivity index (χ0) is 24.9. The minimum absolute atomic E-state index is 0.0398. The number of aliphatic hydroxyl groups excluding tert-OH is 1. The molecule has 0 saturated carbocycles. The summed E-state index contributed by atoms with van der Waals surface area (Å²) in [6, 6.07) is 19.9. The smallest absolute Gasteiger partial charge is 0.250 e. The fraction of sp³-hybridized carbons (Fsp3) is 0.414. The molecule has 3 unspecified atom stereocenters. The Bertz CT molecular complexity index is 1280. The molecule has 3 atom stereocenters. The van der Waals surface area contributed by atoms with Crippen LogP contribution in [0.2, 0.25) is 0 Å². The van der Waals surface area contributed by atoms with Gasteiger partial charge in [0.2, 0.25) is 5.91 Å². The molecule has 3 aliphatic rings. The Morgan fingerprint density at radius 2 is 1.83 bits per heavy atom. The first-order valence-electron chi connectivity index (χ1n) is 13.0. The number of carbonyl (C=O) groups excluding carboxylic acids is 1. The lowest BCUT2D eigenvalue weighted by atomic mass is 9.88. The second-order valence-electron chi connectivity index (χ2n) is 10.5. The van der Waals surface area contributed by atoms with Crippen molar-refractivity contribution in [1.29, 1.82) is 0 Å². The molecule has 7 heteroatoms. The van der Waals surface area contributed by atoms with Crippen molar-refractivity contribution in [3.63, 3.8) is 0 Å².